The van der Waals surface area contributed by atoms with E-state index in [0.717, 1.165) is 54.2 Å². The first-order valence-corrected chi connectivity index (χ1v) is 13.7. The molecule has 3 aromatic rings. The van der Waals surface area contributed by atoms with Crippen LogP contribution in [0.3, 0.4) is 0 Å². The summed E-state index contributed by atoms with van der Waals surface area (Å²) in [5.41, 5.74) is 4.70. The van der Waals surface area contributed by atoms with E-state index in [9.17, 15) is 4.79 Å². The Kier molecular flexibility index (Phi) is 5.98. The van der Waals surface area contributed by atoms with Gasteiger partial charge < -0.3 is 10.2 Å². The molecule has 34 heavy (non-hydrogen) atoms. The number of hydrogen-bond donors (Lipinski definition) is 1. The molecule has 1 aliphatic carbocycles. The van der Waals surface area contributed by atoms with Gasteiger partial charge in [0.25, 0.3) is 5.56 Å². The predicted octanol–water partition coefficient (Wildman–Crippen LogP) is 5.56. The summed E-state index contributed by atoms with van der Waals surface area (Å²) in [6, 6.07) is 13.4. The van der Waals surface area contributed by atoms with Crippen molar-refractivity contribution in [2.45, 2.75) is 63.8 Å². The van der Waals surface area contributed by atoms with Crippen LogP contribution in [0.1, 0.15) is 62.8 Å². The van der Waals surface area contributed by atoms with Crippen molar-refractivity contribution in [1.82, 2.24) is 14.9 Å². The zero-order valence-electron chi connectivity index (χ0n) is 19.9. The number of piperazine rings is 1. The van der Waals surface area contributed by atoms with E-state index >= 15 is 0 Å². The first-order chi connectivity index (χ1) is 16.6. The van der Waals surface area contributed by atoms with Crippen LogP contribution in [-0.2, 0) is 6.42 Å². The maximum atomic E-state index is 13.1. The van der Waals surface area contributed by atoms with Gasteiger partial charge in [0.05, 0.1) is 16.6 Å². The summed E-state index contributed by atoms with van der Waals surface area (Å²) in [5.74, 6) is 2.06. The fourth-order valence-electron chi connectivity index (χ4n) is 6.45. The minimum absolute atomic E-state index is 0.116. The molecule has 6 heteroatoms. The van der Waals surface area contributed by atoms with Crippen LogP contribution in [0.15, 0.2) is 45.7 Å². The Morgan fingerprint density at radius 3 is 2.82 bits per heavy atom. The van der Waals surface area contributed by atoms with Gasteiger partial charge in [-0.2, -0.15) is 4.98 Å². The molecule has 2 aromatic carbocycles. The lowest BCUT2D eigenvalue weighted by Gasteiger charge is -2.37. The van der Waals surface area contributed by atoms with Gasteiger partial charge in [-0.3, -0.25) is 9.36 Å². The van der Waals surface area contributed by atoms with Crippen LogP contribution >= 0.6 is 15.9 Å². The van der Waals surface area contributed by atoms with Crippen LogP contribution in [0.5, 0.6) is 0 Å². The van der Waals surface area contributed by atoms with Crippen LogP contribution in [-0.4, -0.2) is 35.2 Å². The van der Waals surface area contributed by atoms with Gasteiger partial charge in [0.2, 0.25) is 0 Å². The highest BCUT2D eigenvalue weighted by molar-refractivity contribution is 9.10. The molecule has 1 saturated heterocycles. The van der Waals surface area contributed by atoms with Gasteiger partial charge in [-0.15, -0.1) is 0 Å². The molecule has 6 rings (SSSR count). The first-order valence-electron chi connectivity index (χ1n) is 12.9. The lowest BCUT2D eigenvalue weighted by Crippen LogP contribution is -2.50. The van der Waals surface area contributed by atoms with Gasteiger partial charge in [0.15, 0.2) is 0 Å². The molecule has 0 amide bonds. The molecule has 0 bridgehead atoms. The minimum atomic E-state index is -0.116. The monoisotopic (exact) mass is 520 g/mol. The molecule has 0 spiro atoms. The number of hydrogen-bond acceptors (Lipinski definition) is 4. The number of rotatable bonds is 4. The summed E-state index contributed by atoms with van der Waals surface area (Å²) in [6.45, 7) is 5.38. The van der Waals surface area contributed by atoms with Crippen molar-refractivity contribution in [2.75, 3.05) is 24.5 Å². The Morgan fingerprint density at radius 2 is 2.00 bits per heavy atom. The van der Waals surface area contributed by atoms with Crippen LogP contribution in [0.4, 0.5) is 5.69 Å². The summed E-state index contributed by atoms with van der Waals surface area (Å²) in [7, 11) is 0. The molecule has 1 saturated carbocycles. The average molecular weight is 522 g/mol. The molecular formula is C28H33BrN4O. The second kappa shape index (κ2) is 9.12. The van der Waals surface area contributed by atoms with Crippen molar-refractivity contribution < 1.29 is 0 Å². The smallest absolute Gasteiger partial charge is 0.281 e. The maximum absolute atomic E-state index is 13.1. The quantitative estimate of drug-likeness (QED) is 0.489. The van der Waals surface area contributed by atoms with Crippen molar-refractivity contribution in [3.05, 3.63) is 62.6 Å². The summed E-state index contributed by atoms with van der Waals surface area (Å²) in [4.78, 5) is 20.4. The SMILES string of the molecule is C[C@@H]1CNCCN1c1ccc2c(c1)CC(CCC1CCCC1)c1nc(=O)c3c(Br)cccc3n1-2. The molecule has 178 valence electrons. The lowest BCUT2D eigenvalue weighted by molar-refractivity contribution is 0.432. The molecule has 2 fully saturated rings. The fourth-order valence-corrected chi connectivity index (χ4v) is 6.98. The molecule has 0 radical (unpaired) electrons. The van der Waals surface area contributed by atoms with E-state index in [2.05, 4.69) is 61.9 Å². The molecule has 1 unspecified atom stereocenters. The number of benzene rings is 2. The van der Waals surface area contributed by atoms with Crippen molar-refractivity contribution in [3.63, 3.8) is 0 Å². The van der Waals surface area contributed by atoms with Crippen LogP contribution < -0.4 is 15.8 Å². The van der Waals surface area contributed by atoms with E-state index in [1.807, 2.05) is 12.1 Å². The topological polar surface area (TPSA) is 50.2 Å². The lowest BCUT2D eigenvalue weighted by atomic mass is 9.86. The Bertz CT molecular complexity index is 1280. The third kappa shape index (κ3) is 3.89. The second-order valence-electron chi connectivity index (χ2n) is 10.4. The normalized spacial score (nSPS) is 22.7. The maximum Gasteiger partial charge on any atom is 0.281 e. The van der Waals surface area contributed by atoms with Gasteiger partial charge in [0.1, 0.15) is 5.82 Å². The molecule has 3 aliphatic rings. The van der Waals surface area contributed by atoms with E-state index in [4.69, 9.17) is 4.98 Å². The van der Waals surface area contributed by atoms with Gasteiger partial charge >= 0.3 is 0 Å². The van der Waals surface area contributed by atoms with E-state index in [-0.39, 0.29) is 11.5 Å². The zero-order chi connectivity index (χ0) is 23.2. The minimum Gasteiger partial charge on any atom is -0.366 e. The third-order valence-corrected chi connectivity index (χ3v) is 8.92. The highest BCUT2D eigenvalue weighted by Crippen LogP contribution is 2.40. The predicted molar refractivity (Wildman–Crippen MR) is 142 cm³/mol. The fraction of sp³-hybridized carbons (Fsp3) is 0.500. The molecule has 2 aliphatic heterocycles. The Morgan fingerprint density at radius 1 is 1.15 bits per heavy atom. The van der Waals surface area contributed by atoms with Crippen molar-refractivity contribution >= 4 is 32.5 Å². The largest absolute Gasteiger partial charge is 0.366 e. The van der Waals surface area contributed by atoms with Gasteiger partial charge in [-0.1, -0.05) is 31.7 Å². The molecular weight excluding hydrogens is 488 g/mol. The molecule has 1 aromatic heterocycles. The number of aromatic nitrogens is 2. The Hall–Kier alpha value is -2.18. The first kappa shape index (κ1) is 22.3. The summed E-state index contributed by atoms with van der Waals surface area (Å²) in [6.07, 6.45) is 8.76. The zero-order valence-corrected chi connectivity index (χ0v) is 21.5. The number of nitrogens with one attached hydrogen (secondary N) is 1. The van der Waals surface area contributed by atoms with Gasteiger partial charge in [-0.25, -0.2) is 0 Å². The van der Waals surface area contributed by atoms with Crippen molar-refractivity contribution in [1.29, 1.82) is 0 Å². The van der Waals surface area contributed by atoms with E-state index in [1.54, 1.807) is 0 Å². The Labute approximate surface area is 209 Å². The number of nitrogens with zero attached hydrogens (tertiary/aromatic N) is 3. The second-order valence-corrected chi connectivity index (χ2v) is 11.3. The number of halogens is 1. The highest BCUT2D eigenvalue weighted by atomic mass is 79.9. The standard InChI is InChI=1S/C28H33BrN4O/c1-18-17-30-13-14-32(18)22-11-12-24-21(16-22)15-20(10-9-19-5-2-3-6-19)27-31-28(34)26-23(29)7-4-8-25(26)33(24)27/h4,7-8,11-12,16,18-20,30H,2-3,5-6,9-10,13-15,17H2,1H3/t18-,20?/m1/s1. The Balaban J connectivity index is 1.47. The number of fused-ring (bicyclic) bond motifs is 5. The molecule has 1 N–H and O–H groups in total. The van der Waals surface area contributed by atoms with Crippen molar-refractivity contribution in [3.8, 4) is 5.69 Å². The number of anilines is 1. The summed E-state index contributed by atoms with van der Waals surface area (Å²) < 4.78 is 3.10. The van der Waals surface area contributed by atoms with Crippen LogP contribution in [0.2, 0.25) is 0 Å². The highest BCUT2D eigenvalue weighted by Gasteiger charge is 2.30. The van der Waals surface area contributed by atoms with Gasteiger partial charge in [-0.05, 0) is 83.9 Å². The third-order valence-electron chi connectivity index (χ3n) is 8.26. The van der Waals surface area contributed by atoms with E-state index in [0.29, 0.717) is 11.4 Å². The van der Waals surface area contributed by atoms with Crippen molar-refractivity contribution in [2.24, 2.45) is 5.92 Å². The van der Waals surface area contributed by atoms with Crippen LogP contribution in [0, 0.1) is 5.92 Å². The summed E-state index contributed by atoms with van der Waals surface area (Å²) in [5, 5.41) is 4.18. The van der Waals surface area contributed by atoms with E-state index in [1.165, 1.54) is 49.0 Å². The molecule has 2 atom stereocenters. The average Bonchev–Trinajstić information content (AvgIpc) is 3.36. The summed E-state index contributed by atoms with van der Waals surface area (Å²) >= 11 is 3.61. The van der Waals surface area contributed by atoms with Crippen LogP contribution in [0.25, 0.3) is 16.6 Å². The molecule has 3 heterocycles. The molecule has 5 nitrogen and oxygen atoms in total. The van der Waals surface area contributed by atoms with Gasteiger partial charge in [0, 0.05) is 41.8 Å². The van der Waals surface area contributed by atoms with E-state index < -0.39 is 0 Å².